The third-order valence-electron chi connectivity index (χ3n) is 6.09. The van der Waals surface area contributed by atoms with E-state index in [0.717, 1.165) is 11.1 Å². The second-order valence-corrected chi connectivity index (χ2v) is 9.67. The Balaban J connectivity index is 1.33. The first kappa shape index (κ1) is 23.3. The average Bonchev–Trinajstić information content (AvgIpc) is 2.89. The van der Waals surface area contributed by atoms with E-state index in [2.05, 4.69) is 6.07 Å². The number of amides is 1. The number of allylic oxidation sites excluding steroid dienone is 1. The minimum Gasteiger partial charge on any atom is -0.489 e. The number of hydrogen-bond donors (Lipinski definition) is 0. The topological polar surface area (TPSA) is 56.6 Å². The van der Waals surface area contributed by atoms with Gasteiger partial charge in [0.1, 0.15) is 18.2 Å². The SMILES string of the molecule is N#CC1=C2SCN(c3ccccc3F)CN2C(=O)C[C@H]1c1ccc(OCc2ccc(Cl)cc2)cc1. The molecule has 1 fully saturated rings. The Bertz CT molecular complexity index is 1320. The molecule has 0 N–H and O–H groups in total. The number of ether oxygens (including phenoxy) is 1. The molecule has 1 amide bonds. The molecule has 176 valence electrons. The molecule has 0 radical (unpaired) electrons. The highest BCUT2D eigenvalue weighted by atomic mass is 35.5. The summed E-state index contributed by atoms with van der Waals surface area (Å²) in [6, 6.07) is 23.8. The summed E-state index contributed by atoms with van der Waals surface area (Å²) < 4.78 is 20.1. The van der Waals surface area contributed by atoms with Crippen molar-refractivity contribution in [1.29, 1.82) is 5.26 Å². The van der Waals surface area contributed by atoms with E-state index >= 15 is 0 Å². The van der Waals surface area contributed by atoms with Crippen molar-refractivity contribution in [2.24, 2.45) is 0 Å². The molecule has 5 nitrogen and oxygen atoms in total. The fraction of sp³-hybridized carbons (Fsp3) is 0.185. The van der Waals surface area contributed by atoms with Gasteiger partial charge in [0.15, 0.2) is 0 Å². The number of fused-ring (bicyclic) bond motifs is 1. The number of nitrogens with zero attached hydrogens (tertiary/aromatic N) is 3. The first-order chi connectivity index (χ1) is 17.0. The fourth-order valence-corrected chi connectivity index (χ4v) is 5.54. The molecular weight excluding hydrogens is 485 g/mol. The Morgan fingerprint density at radius 3 is 2.54 bits per heavy atom. The number of carbonyl (C=O) groups is 1. The molecule has 2 heterocycles. The lowest BCUT2D eigenvalue weighted by Crippen LogP contribution is -2.47. The van der Waals surface area contributed by atoms with Gasteiger partial charge in [0, 0.05) is 17.4 Å². The summed E-state index contributed by atoms with van der Waals surface area (Å²) in [4.78, 5) is 16.5. The van der Waals surface area contributed by atoms with Gasteiger partial charge < -0.3 is 9.64 Å². The number of benzene rings is 3. The van der Waals surface area contributed by atoms with Gasteiger partial charge in [-0.15, -0.1) is 0 Å². The highest BCUT2D eigenvalue weighted by Crippen LogP contribution is 2.43. The molecule has 0 unspecified atom stereocenters. The van der Waals surface area contributed by atoms with Crippen LogP contribution in [0.2, 0.25) is 5.02 Å². The van der Waals surface area contributed by atoms with Crippen LogP contribution in [0.25, 0.3) is 0 Å². The predicted molar refractivity (Wildman–Crippen MR) is 135 cm³/mol. The second-order valence-electron chi connectivity index (χ2n) is 8.30. The van der Waals surface area contributed by atoms with Crippen molar-refractivity contribution in [2.75, 3.05) is 17.4 Å². The molecule has 5 rings (SSSR count). The largest absolute Gasteiger partial charge is 0.489 e. The zero-order valence-electron chi connectivity index (χ0n) is 18.7. The lowest BCUT2D eigenvalue weighted by atomic mass is 9.86. The first-order valence-electron chi connectivity index (χ1n) is 11.1. The summed E-state index contributed by atoms with van der Waals surface area (Å²) in [5.74, 6) is 0.417. The van der Waals surface area contributed by atoms with E-state index < -0.39 is 0 Å². The molecule has 2 aliphatic rings. The van der Waals surface area contributed by atoms with Gasteiger partial charge in [-0.3, -0.25) is 9.69 Å². The van der Waals surface area contributed by atoms with Crippen LogP contribution in [-0.2, 0) is 11.4 Å². The van der Waals surface area contributed by atoms with Crippen molar-refractivity contribution in [2.45, 2.75) is 18.9 Å². The van der Waals surface area contributed by atoms with Gasteiger partial charge in [0.2, 0.25) is 5.91 Å². The van der Waals surface area contributed by atoms with Crippen molar-refractivity contribution >= 4 is 35.0 Å². The Morgan fingerprint density at radius 2 is 1.83 bits per heavy atom. The molecular formula is C27H21ClFN3O2S. The number of anilines is 1. The Hall–Kier alpha value is -3.47. The van der Waals surface area contributed by atoms with Crippen LogP contribution in [0.3, 0.4) is 0 Å². The smallest absolute Gasteiger partial charge is 0.229 e. The van der Waals surface area contributed by atoms with Crippen LogP contribution < -0.4 is 9.64 Å². The maximum absolute atomic E-state index is 14.3. The normalized spacial score (nSPS) is 17.7. The standard InChI is InChI=1S/C27H21ClFN3O2S/c28-20-9-5-18(6-10-20)15-34-21-11-7-19(8-12-21)22-13-26(33)32-16-31(17-35-27(32)23(22)14-30)25-4-2-1-3-24(25)29/h1-12,22H,13,15-17H2/t22-/m0/s1. The third kappa shape index (κ3) is 4.86. The number of rotatable bonds is 5. The van der Waals surface area contributed by atoms with Crippen LogP contribution in [0.15, 0.2) is 83.4 Å². The summed E-state index contributed by atoms with van der Waals surface area (Å²) >= 11 is 7.32. The van der Waals surface area contributed by atoms with E-state index in [-0.39, 0.29) is 30.7 Å². The molecule has 1 saturated heterocycles. The molecule has 0 bridgehead atoms. The quantitative estimate of drug-likeness (QED) is 0.408. The van der Waals surface area contributed by atoms with Crippen LogP contribution in [0.1, 0.15) is 23.5 Å². The summed E-state index contributed by atoms with van der Waals surface area (Å²) in [6.45, 7) is 0.632. The van der Waals surface area contributed by atoms with E-state index in [1.165, 1.54) is 17.8 Å². The highest BCUT2D eigenvalue weighted by molar-refractivity contribution is 8.03. The van der Waals surface area contributed by atoms with Gasteiger partial charge in [0.05, 0.1) is 34.9 Å². The molecule has 1 atom stereocenters. The second kappa shape index (κ2) is 10.0. The van der Waals surface area contributed by atoms with E-state index in [9.17, 15) is 14.4 Å². The van der Waals surface area contributed by atoms with Crippen molar-refractivity contribution in [3.05, 3.63) is 105 Å². The Kier molecular flexibility index (Phi) is 6.67. The number of nitriles is 1. The van der Waals surface area contributed by atoms with E-state index in [1.54, 1.807) is 23.1 Å². The highest BCUT2D eigenvalue weighted by Gasteiger charge is 2.38. The monoisotopic (exact) mass is 505 g/mol. The first-order valence-corrected chi connectivity index (χ1v) is 12.4. The molecule has 2 aliphatic heterocycles. The van der Waals surface area contributed by atoms with Gasteiger partial charge in [0.25, 0.3) is 0 Å². The van der Waals surface area contributed by atoms with Crippen LogP contribution in [0.5, 0.6) is 5.75 Å². The van der Waals surface area contributed by atoms with Crippen molar-refractivity contribution < 1.29 is 13.9 Å². The number of hydrogen-bond acceptors (Lipinski definition) is 5. The molecule has 0 aromatic heterocycles. The lowest BCUT2D eigenvalue weighted by molar-refractivity contribution is -0.129. The molecule has 35 heavy (non-hydrogen) atoms. The number of halogens is 2. The zero-order chi connectivity index (χ0) is 24.4. The summed E-state index contributed by atoms with van der Waals surface area (Å²) in [5.41, 5.74) is 2.91. The van der Waals surface area contributed by atoms with Gasteiger partial charge in [-0.25, -0.2) is 4.39 Å². The van der Waals surface area contributed by atoms with Crippen LogP contribution >= 0.6 is 23.4 Å². The zero-order valence-corrected chi connectivity index (χ0v) is 20.2. The summed E-state index contributed by atoms with van der Waals surface area (Å²) in [6.07, 6.45) is 0.184. The van der Waals surface area contributed by atoms with E-state index in [0.29, 0.717) is 39.5 Å². The molecule has 0 aliphatic carbocycles. The Labute approximate surface area is 212 Å². The van der Waals surface area contributed by atoms with E-state index in [1.807, 2.05) is 53.4 Å². The Morgan fingerprint density at radius 1 is 1.09 bits per heavy atom. The van der Waals surface area contributed by atoms with Crippen LogP contribution in [-0.4, -0.2) is 23.4 Å². The van der Waals surface area contributed by atoms with E-state index in [4.69, 9.17) is 16.3 Å². The minimum atomic E-state index is -0.332. The molecule has 8 heteroatoms. The van der Waals surface area contributed by atoms with Crippen LogP contribution in [0, 0.1) is 17.1 Å². The van der Waals surface area contributed by atoms with Gasteiger partial charge in [-0.2, -0.15) is 5.26 Å². The van der Waals surface area contributed by atoms with Gasteiger partial charge in [-0.1, -0.05) is 59.8 Å². The third-order valence-corrected chi connectivity index (χ3v) is 7.49. The lowest BCUT2D eigenvalue weighted by Gasteiger charge is -2.42. The molecule has 3 aromatic carbocycles. The van der Waals surface area contributed by atoms with Crippen molar-refractivity contribution in [1.82, 2.24) is 4.90 Å². The summed E-state index contributed by atoms with van der Waals surface area (Å²) in [5, 5.41) is 11.3. The number of carbonyl (C=O) groups excluding carboxylic acids is 1. The van der Waals surface area contributed by atoms with Crippen LogP contribution in [0.4, 0.5) is 10.1 Å². The fourth-order valence-electron chi connectivity index (χ4n) is 4.25. The minimum absolute atomic E-state index is 0.0828. The molecule has 0 spiro atoms. The molecule has 0 saturated carbocycles. The van der Waals surface area contributed by atoms with Gasteiger partial charge in [-0.05, 0) is 47.5 Å². The van der Waals surface area contributed by atoms with Crippen molar-refractivity contribution in [3.63, 3.8) is 0 Å². The maximum atomic E-state index is 14.3. The number of thioether (sulfide) groups is 1. The average molecular weight is 506 g/mol. The molecule has 3 aromatic rings. The maximum Gasteiger partial charge on any atom is 0.229 e. The van der Waals surface area contributed by atoms with Crippen molar-refractivity contribution in [3.8, 4) is 11.8 Å². The van der Waals surface area contributed by atoms with Gasteiger partial charge >= 0.3 is 0 Å². The predicted octanol–water partition coefficient (Wildman–Crippen LogP) is 6.28. The summed E-state index contributed by atoms with van der Waals surface area (Å²) in [7, 11) is 0. The number of para-hydroxylation sites is 1.